The molecule has 0 heterocycles. The SMILES string of the molecule is CCc1ccccc1N(CC(=O)N(Cc1cccc(Cl)c1)[C@H](Cc1ccccc1)C(=O)NC(C)(C)C)S(=O)(=O)c1ccccc1. The van der Waals surface area contributed by atoms with Gasteiger partial charge in [-0.25, -0.2) is 8.42 Å². The average molecular weight is 646 g/mol. The van der Waals surface area contributed by atoms with Crippen molar-refractivity contribution in [3.8, 4) is 0 Å². The zero-order chi connectivity index (χ0) is 32.6. The Morgan fingerprint density at radius 1 is 0.822 bits per heavy atom. The summed E-state index contributed by atoms with van der Waals surface area (Å²) in [5, 5.41) is 3.53. The van der Waals surface area contributed by atoms with Gasteiger partial charge >= 0.3 is 0 Å². The van der Waals surface area contributed by atoms with E-state index in [1.165, 1.54) is 17.0 Å². The zero-order valence-electron chi connectivity index (χ0n) is 26.1. The number of hydrogen-bond donors (Lipinski definition) is 1. The summed E-state index contributed by atoms with van der Waals surface area (Å²) < 4.78 is 29.6. The Bertz CT molecular complexity index is 1710. The lowest BCUT2D eigenvalue weighted by atomic mass is 10.0. The highest BCUT2D eigenvalue weighted by atomic mass is 35.5. The number of para-hydroxylation sites is 1. The topological polar surface area (TPSA) is 86.8 Å². The number of sulfonamides is 1. The minimum Gasteiger partial charge on any atom is -0.350 e. The van der Waals surface area contributed by atoms with Gasteiger partial charge in [-0.05, 0) is 74.2 Å². The number of halogens is 1. The second-order valence-corrected chi connectivity index (χ2v) is 14.2. The molecule has 1 N–H and O–H groups in total. The van der Waals surface area contributed by atoms with Crippen molar-refractivity contribution in [2.75, 3.05) is 10.8 Å². The Hall–Kier alpha value is -4.14. The molecule has 0 radical (unpaired) electrons. The zero-order valence-corrected chi connectivity index (χ0v) is 27.7. The molecule has 0 bridgehead atoms. The van der Waals surface area contributed by atoms with Gasteiger partial charge < -0.3 is 10.2 Å². The number of anilines is 1. The molecule has 4 aromatic rings. The van der Waals surface area contributed by atoms with Gasteiger partial charge in [0, 0.05) is 23.5 Å². The van der Waals surface area contributed by atoms with E-state index in [1.807, 2.05) is 76.2 Å². The summed E-state index contributed by atoms with van der Waals surface area (Å²) in [6.07, 6.45) is 0.786. The van der Waals surface area contributed by atoms with Crippen LogP contribution in [0.1, 0.15) is 44.4 Å². The molecule has 4 rings (SSSR count). The van der Waals surface area contributed by atoms with Crippen LogP contribution in [0.3, 0.4) is 0 Å². The van der Waals surface area contributed by atoms with Crippen molar-refractivity contribution in [2.24, 2.45) is 0 Å². The van der Waals surface area contributed by atoms with Gasteiger partial charge in [-0.15, -0.1) is 0 Å². The summed E-state index contributed by atoms with van der Waals surface area (Å²) >= 11 is 6.32. The summed E-state index contributed by atoms with van der Waals surface area (Å²) in [7, 11) is -4.16. The maximum Gasteiger partial charge on any atom is 0.264 e. The van der Waals surface area contributed by atoms with E-state index in [0.717, 1.165) is 15.4 Å². The van der Waals surface area contributed by atoms with E-state index < -0.39 is 34.1 Å². The first-order chi connectivity index (χ1) is 21.4. The van der Waals surface area contributed by atoms with Crippen LogP contribution in [0.2, 0.25) is 5.02 Å². The molecule has 0 saturated heterocycles. The van der Waals surface area contributed by atoms with Crippen LogP contribution >= 0.6 is 11.6 Å². The second-order valence-electron chi connectivity index (χ2n) is 11.9. The molecule has 4 aromatic carbocycles. The maximum atomic E-state index is 14.6. The lowest BCUT2D eigenvalue weighted by Crippen LogP contribution is -2.56. The van der Waals surface area contributed by atoms with E-state index in [9.17, 15) is 18.0 Å². The fraction of sp³-hybridized carbons (Fsp3) is 0.278. The molecule has 0 aromatic heterocycles. The molecule has 236 valence electrons. The number of amides is 2. The number of nitrogens with zero attached hydrogens (tertiary/aromatic N) is 2. The molecule has 2 amide bonds. The molecule has 9 heteroatoms. The number of nitrogens with one attached hydrogen (secondary N) is 1. The van der Waals surface area contributed by atoms with Gasteiger partial charge in [0.1, 0.15) is 12.6 Å². The summed E-state index contributed by atoms with van der Waals surface area (Å²) in [6.45, 7) is 7.11. The predicted octanol–water partition coefficient (Wildman–Crippen LogP) is 6.65. The van der Waals surface area contributed by atoms with Crippen LogP contribution in [0.25, 0.3) is 0 Å². The molecule has 0 saturated carbocycles. The Morgan fingerprint density at radius 2 is 1.42 bits per heavy atom. The van der Waals surface area contributed by atoms with Crippen molar-refractivity contribution >= 4 is 39.1 Å². The number of aryl methyl sites for hydroxylation is 1. The Balaban J connectivity index is 1.84. The van der Waals surface area contributed by atoms with Crippen molar-refractivity contribution in [1.82, 2.24) is 10.2 Å². The smallest absolute Gasteiger partial charge is 0.264 e. The lowest BCUT2D eigenvalue weighted by Gasteiger charge is -2.35. The van der Waals surface area contributed by atoms with Crippen molar-refractivity contribution in [1.29, 1.82) is 0 Å². The van der Waals surface area contributed by atoms with E-state index in [0.29, 0.717) is 22.7 Å². The van der Waals surface area contributed by atoms with Gasteiger partial charge in [-0.1, -0.05) is 97.4 Å². The van der Waals surface area contributed by atoms with Crippen LogP contribution in [0.15, 0.2) is 114 Å². The molecule has 0 spiro atoms. The molecule has 1 atom stereocenters. The minimum absolute atomic E-state index is 0.0447. The van der Waals surface area contributed by atoms with Gasteiger partial charge in [0.25, 0.3) is 10.0 Å². The summed E-state index contributed by atoms with van der Waals surface area (Å²) in [4.78, 5) is 30.1. The lowest BCUT2D eigenvalue weighted by molar-refractivity contribution is -0.140. The molecule has 45 heavy (non-hydrogen) atoms. The third-order valence-corrected chi connectivity index (χ3v) is 9.27. The number of carbonyl (C=O) groups is 2. The van der Waals surface area contributed by atoms with Crippen LogP contribution in [-0.2, 0) is 39.0 Å². The molecular formula is C36H40ClN3O4S. The summed E-state index contributed by atoms with van der Waals surface area (Å²) in [5.41, 5.74) is 2.19. The Kier molecular flexibility index (Phi) is 11.1. The second kappa shape index (κ2) is 14.8. The van der Waals surface area contributed by atoms with Gasteiger partial charge in [-0.2, -0.15) is 0 Å². The van der Waals surface area contributed by atoms with Crippen molar-refractivity contribution in [3.63, 3.8) is 0 Å². The van der Waals surface area contributed by atoms with Crippen LogP contribution < -0.4 is 9.62 Å². The molecule has 7 nitrogen and oxygen atoms in total. The summed E-state index contributed by atoms with van der Waals surface area (Å²) in [5.74, 6) is -0.862. The fourth-order valence-electron chi connectivity index (χ4n) is 5.12. The molecule has 0 aliphatic rings. The van der Waals surface area contributed by atoms with Crippen LogP contribution in [0.4, 0.5) is 5.69 Å². The standard InChI is InChI=1S/C36H40ClN3O4S/c1-5-29-18-12-13-22-32(29)40(45(43,44)31-20-10-7-11-21-31)26-34(41)39(25-28-17-14-19-30(37)23-28)33(35(42)38-36(2,3)4)24-27-15-8-6-9-16-27/h6-23,33H,5,24-26H2,1-4H3,(H,38,42)/t33-/m1/s1. The summed E-state index contributed by atoms with van der Waals surface area (Å²) in [6, 6.07) is 30.8. The first kappa shape index (κ1) is 33.7. The first-order valence-corrected chi connectivity index (χ1v) is 16.8. The first-order valence-electron chi connectivity index (χ1n) is 14.9. The Labute approximate surface area is 271 Å². The fourth-order valence-corrected chi connectivity index (χ4v) is 6.81. The van der Waals surface area contributed by atoms with E-state index >= 15 is 0 Å². The number of carbonyl (C=O) groups excluding carboxylic acids is 2. The van der Waals surface area contributed by atoms with Gasteiger partial charge in [-0.3, -0.25) is 13.9 Å². The third kappa shape index (κ3) is 8.96. The van der Waals surface area contributed by atoms with E-state index in [1.54, 1.807) is 48.5 Å². The van der Waals surface area contributed by atoms with Crippen molar-refractivity contribution < 1.29 is 18.0 Å². The van der Waals surface area contributed by atoms with Crippen LogP contribution in [-0.4, -0.2) is 43.3 Å². The highest BCUT2D eigenvalue weighted by Crippen LogP contribution is 2.28. The van der Waals surface area contributed by atoms with Gasteiger partial charge in [0.15, 0.2) is 0 Å². The molecular weight excluding hydrogens is 606 g/mol. The van der Waals surface area contributed by atoms with E-state index in [-0.39, 0.29) is 23.8 Å². The quantitative estimate of drug-likeness (QED) is 0.187. The monoisotopic (exact) mass is 645 g/mol. The molecule has 0 aliphatic carbocycles. The molecule has 0 unspecified atom stereocenters. The Morgan fingerprint density at radius 3 is 2.04 bits per heavy atom. The number of hydrogen-bond acceptors (Lipinski definition) is 4. The predicted molar refractivity (Wildman–Crippen MR) is 181 cm³/mol. The van der Waals surface area contributed by atoms with Crippen LogP contribution in [0.5, 0.6) is 0 Å². The van der Waals surface area contributed by atoms with Gasteiger partial charge in [0.2, 0.25) is 11.8 Å². The van der Waals surface area contributed by atoms with E-state index in [2.05, 4.69) is 5.32 Å². The van der Waals surface area contributed by atoms with Crippen LogP contribution in [0, 0.1) is 0 Å². The van der Waals surface area contributed by atoms with E-state index in [4.69, 9.17) is 11.6 Å². The normalized spacial score (nSPS) is 12.3. The third-order valence-electron chi connectivity index (χ3n) is 7.26. The number of rotatable bonds is 12. The van der Waals surface area contributed by atoms with Crippen molar-refractivity contribution in [2.45, 2.75) is 63.6 Å². The molecule has 0 fully saturated rings. The highest BCUT2D eigenvalue weighted by molar-refractivity contribution is 7.92. The van der Waals surface area contributed by atoms with Crippen molar-refractivity contribution in [3.05, 3.63) is 131 Å². The van der Waals surface area contributed by atoms with Gasteiger partial charge in [0.05, 0.1) is 10.6 Å². The average Bonchev–Trinajstić information content (AvgIpc) is 3.01. The number of benzene rings is 4. The largest absolute Gasteiger partial charge is 0.350 e. The maximum absolute atomic E-state index is 14.6. The minimum atomic E-state index is -4.16. The highest BCUT2D eigenvalue weighted by Gasteiger charge is 2.36. The molecule has 0 aliphatic heterocycles.